The predicted octanol–water partition coefficient (Wildman–Crippen LogP) is 4.38. The van der Waals surface area contributed by atoms with Gasteiger partial charge in [-0.1, -0.05) is 29.8 Å². The molecule has 3 heterocycles. The highest BCUT2D eigenvalue weighted by atomic mass is 35.5. The number of hydrogen-bond acceptors (Lipinski definition) is 6. The third-order valence-corrected chi connectivity index (χ3v) is 6.62. The maximum absolute atomic E-state index is 13.5. The molecule has 0 bridgehead atoms. The van der Waals surface area contributed by atoms with Crippen molar-refractivity contribution in [1.29, 1.82) is 0 Å². The Morgan fingerprint density at radius 2 is 2.00 bits per heavy atom. The largest absolute Gasteiger partial charge is 0.501 e. The first-order chi connectivity index (χ1) is 16.9. The molecule has 0 spiro atoms. The van der Waals surface area contributed by atoms with Crippen LogP contribution < -0.4 is 16.6 Å². The normalized spacial score (nSPS) is 13.5. The number of allylic oxidation sites excluding steroid dienone is 4. The van der Waals surface area contributed by atoms with Crippen molar-refractivity contribution >= 4 is 50.7 Å². The van der Waals surface area contributed by atoms with E-state index in [1.807, 2.05) is 35.7 Å². The van der Waals surface area contributed by atoms with E-state index >= 15 is 0 Å². The van der Waals surface area contributed by atoms with Crippen LogP contribution in [-0.4, -0.2) is 32.1 Å². The number of fused-ring (bicyclic) bond motifs is 1. The van der Waals surface area contributed by atoms with Crippen LogP contribution in [0.1, 0.15) is 19.8 Å². The van der Waals surface area contributed by atoms with Crippen molar-refractivity contribution < 1.29 is 9.53 Å². The lowest BCUT2D eigenvalue weighted by Crippen LogP contribution is -2.35. The van der Waals surface area contributed by atoms with Crippen molar-refractivity contribution in [1.82, 2.24) is 19.1 Å². The molecule has 0 fully saturated rings. The number of nitrogens with one attached hydrogen (secondary N) is 2. The SMILES string of the molecule is COC1=CC(n2c(=O)[nH]c3cc(Cl)n(-c4ccc(-c5csc(NC(C)=O)n5)cc4)c3c2=O)=CCC1. The molecule has 0 saturated carbocycles. The maximum atomic E-state index is 13.5. The van der Waals surface area contributed by atoms with E-state index in [4.69, 9.17) is 16.3 Å². The second kappa shape index (κ2) is 9.05. The second-order valence-corrected chi connectivity index (χ2v) is 9.13. The van der Waals surface area contributed by atoms with Crippen LogP contribution in [0.2, 0.25) is 5.15 Å². The van der Waals surface area contributed by atoms with Crippen molar-refractivity contribution in [2.45, 2.75) is 19.8 Å². The Hall–Kier alpha value is -3.89. The molecule has 178 valence electrons. The molecule has 1 aliphatic carbocycles. The zero-order valence-corrected chi connectivity index (χ0v) is 20.4. The minimum Gasteiger partial charge on any atom is -0.501 e. The Balaban J connectivity index is 1.59. The molecular formula is C24H20ClN5O4S. The van der Waals surface area contributed by atoms with E-state index in [-0.39, 0.29) is 16.6 Å². The number of aromatic nitrogens is 4. The van der Waals surface area contributed by atoms with Crippen LogP contribution in [0.15, 0.2) is 63.2 Å². The molecule has 1 amide bonds. The van der Waals surface area contributed by atoms with Crippen LogP contribution in [0.4, 0.5) is 5.13 Å². The molecule has 5 rings (SSSR count). The van der Waals surface area contributed by atoms with Crippen molar-refractivity contribution in [3.05, 3.63) is 79.6 Å². The summed E-state index contributed by atoms with van der Waals surface area (Å²) in [7, 11) is 1.56. The lowest BCUT2D eigenvalue weighted by atomic mass is 10.1. The topological polar surface area (TPSA) is 111 Å². The zero-order chi connectivity index (χ0) is 24.7. The van der Waals surface area contributed by atoms with Gasteiger partial charge in [0.2, 0.25) is 5.91 Å². The van der Waals surface area contributed by atoms with Crippen LogP contribution in [0.3, 0.4) is 0 Å². The number of nitrogens with zero attached hydrogens (tertiary/aromatic N) is 3. The summed E-state index contributed by atoms with van der Waals surface area (Å²) in [4.78, 5) is 44.8. The van der Waals surface area contributed by atoms with Gasteiger partial charge in [0.15, 0.2) is 5.13 Å². The van der Waals surface area contributed by atoms with Gasteiger partial charge in [0.1, 0.15) is 10.7 Å². The quantitative estimate of drug-likeness (QED) is 0.414. The van der Waals surface area contributed by atoms with E-state index in [0.717, 1.165) is 10.1 Å². The number of rotatable bonds is 5. The molecule has 35 heavy (non-hydrogen) atoms. The van der Waals surface area contributed by atoms with Gasteiger partial charge >= 0.3 is 5.69 Å². The first-order valence-corrected chi connectivity index (χ1v) is 12.0. The number of thiazole rings is 1. The average Bonchev–Trinajstić information content (AvgIpc) is 3.42. The molecule has 0 atom stereocenters. The first kappa shape index (κ1) is 22.9. The number of halogens is 1. The molecule has 0 unspecified atom stereocenters. The summed E-state index contributed by atoms with van der Waals surface area (Å²) in [6, 6.07) is 8.90. The molecule has 4 aromatic rings. The summed E-state index contributed by atoms with van der Waals surface area (Å²) in [5, 5.41) is 5.32. The van der Waals surface area contributed by atoms with Crippen LogP contribution in [0, 0.1) is 0 Å². The number of H-pyrrole nitrogens is 1. The average molecular weight is 510 g/mol. The van der Waals surface area contributed by atoms with Gasteiger partial charge in [0.05, 0.1) is 29.8 Å². The Kier molecular flexibility index (Phi) is 5.91. The zero-order valence-electron chi connectivity index (χ0n) is 18.8. The number of carbonyl (C=O) groups excluding carboxylic acids is 1. The number of methoxy groups -OCH3 is 1. The molecule has 3 aromatic heterocycles. The summed E-state index contributed by atoms with van der Waals surface area (Å²) in [5.74, 6) is 0.513. The molecular weight excluding hydrogens is 490 g/mol. The molecule has 1 aliphatic rings. The second-order valence-electron chi connectivity index (χ2n) is 7.88. The van der Waals surface area contributed by atoms with E-state index in [0.29, 0.717) is 46.3 Å². The number of carbonyl (C=O) groups is 1. The first-order valence-electron chi connectivity index (χ1n) is 10.7. The minimum atomic E-state index is -0.551. The van der Waals surface area contributed by atoms with Crippen LogP contribution in [0.25, 0.3) is 33.7 Å². The molecule has 0 saturated heterocycles. The predicted molar refractivity (Wildman–Crippen MR) is 137 cm³/mol. The van der Waals surface area contributed by atoms with E-state index in [2.05, 4.69) is 15.3 Å². The lowest BCUT2D eigenvalue weighted by Gasteiger charge is -2.14. The highest BCUT2D eigenvalue weighted by molar-refractivity contribution is 7.14. The van der Waals surface area contributed by atoms with E-state index in [1.165, 1.54) is 18.3 Å². The van der Waals surface area contributed by atoms with E-state index in [1.54, 1.807) is 23.8 Å². The molecule has 11 heteroatoms. The van der Waals surface area contributed by atoms with Gasteiger partial charge in [-0.15, -0.1) is 11.3 Å². The van der Waals surface area contributed by atoms with Crippen molar-refractivity contribution in [2.24, 2.45) is 0 Å². The smallest absolute Gasteiger partial charge is 0.333 e. The van der Waals surface area contributed by atoms with Gasteiger partial charge in [0, 0.05) is 30.0 Å². The van der Waals surface area contributed by atoms with Gasteiger partial charge in [-0.05, 0) is 30.7 Å². The lowest BCUT2D eigenvalue weighted by molar-refractivity contribution is -0.114. The van der Waals surface area contributed by atoms with Crippen LogP contribution in [0.5, 0.6) is 0 Å². The summed E-state index contributed by atoms with van der Waals surface area (Å²) in [6.07, 6.45) is 4.88. The third kappa shape index (κ3) is 4.22. The van der Waals surface area contributed by atoms with Gasteiger partial charge in [-0.25, -0.2) is 14.3 Å². The van der Waals surface area contributed by atoms with Crippen molar-refractivity contribution in [3.63, 3.8) is 0 Å². The highest BCUT2D eigenvalue weighted by Crippen LogP contribution is 2.29. The number of benzene rings is 1. The number of anilines is 1. The molecule has 1 aromatic carbocycles. The van der Waals surface area contributed by atoms with Gasteiger partial charge in [-0.2, -0.15) is 0 Å². The number of amides is 1. The minimum absolute atomic E-state index is 0.183. The summed E-state index contributed by atoms with van der Waals surface area (Å²) < 4.78 is 8.02. The van der Waals surface area contributed by atoms with Crippen LogP contribution >= 0.6 is 22.9 Å². The standard InChI is InChI=1S/C24H20ClN5O4S/c1-13(31)26-23-27-19(12-35-23)14-6-8-15(9-7-14)29-20(25)11-18-21(29)22(32)30(24(33)28-18)16-4-3-5-17(10-16)34-2/h4,6-12H,3,5H2,1-2H3,(H,28,33)(H,26,27,31). The summed E-state index contributed by atoms with van der Waals surface area (Å²) >= 11 is 7.85. The summed E-state index contributed by atoms with van der Waals surface area (Å²) in [5.41, 5.74) is 2.21. The number of aromatic amines is 1. The Morgan fingerprint density at radius 1 is 1.23 bits per heavy atom. The van der Waals surface area contributed by atoms with Gasteiger partial charge < -0.3 is 15.0 Å². The number of ether oxygens (including phenoxy) is 1. The fraction of sp³-hybridized carbons (Fsp3) is 0.167. The Morgan fingerprint density at radius 3 is 2.71 bits per heavy atom. The van der Waals surface area contributed by atoms with Crippen molar-refractivity contribution in [2.75, 3.05) is 12.4 Å². The fourth-order valence-electron chi connectivity index (χ4n) is 4.01. The summed E-state index contributed by atoms with van der Waals surface area (Å²) in [6.45, 7) is 1.43. The van der Waals surface area contributed by atoms with E-state index in [9.17, 15) is 14.4 Å². The molecule has 9 nitrogen and oxygen atoms in total. The number of hydrogen-bond donors (Lipinski definition) is 2. The molecule has 0 aliphatic heterocycles. The van der Waals surface area contributed by atoms with Crippen LogP contribution in [-0.2, 0) is 9.53 Å². The third-order valence-electron chi connectivity index (χ3n) is 5.59. The highest BCUT2D eigenvalue weighted by Gasteiger charge is 2.19. The van der Waals surface area contributed by atoms with Crippen molar-refractivity contribution in [3.8, 4) is 16.9 Å². The Bertz CT molecular complexity index is 1640. The van der Waals surface area contributed by atoms with E-state index < -0.39 is 11.2 Å². The molecule has 0 radical (unpaired) electrons. The fourth-order valence-corrected chi connectivity index (χ4v) is 5.07. The van der Waals surface area contributed by atoms with Gasteiger partial charge in [-0.3, -0.25) is 14.2 Å². The monoisotopic (exact) mass is 509 g/mol. The maximum Gasteiger partial charge on any atom is 0.333 e. The Labute approximate surface area is 208 Å². The molecule has 2 N–H and O–H groups in total. The van der Waals surface area contributed by atoms with Gasteiger partial charge in [0.25, 0.3) is 5.56 Å².